The fraction of sp³-hybridized carbons (Fsp3) is 0.381. The van der Waals surface area contributed by atoms with Crippen molar-refractivity contribution >= 4 is 21.9 Å². The van der Waals surface area contributed by atoms with Crippen molar-refractivity contribution < 1.29 is 18.7 Å². The van der Waals surface area contributed by atoms with E-state index >= 15 is 0 Å². The quantitative estimate of drug-likeness (QED) is 0.293. The zero-order valence-corrected chi connectivity index (χ0v) is 17.2. The number of rotatable bonds is 7. The second-order valence-electron chi connectivity index (χ2n) is 6.43. The van der Waals surface area contributed by atoms with E-state index in [4.69, 9.17) is 9.47 Å². The molecule has 140 valence electrons. The Morgan fingerprint density at radius 1 is 1.23 bits per heavy atom. The molecule has 0 bridgehead atoms. The lowest BCUT2D eigenvalue weighted by Crippen LogP contribution is -2.16. The smallest absolute Gasteiger partial charge is 0.347 e. The topological polar surface area (TPSA) is 35.5 Å². The number of hydrogen-bond acceptors (Lipinski definition) is 3. The summed E-state index contributed by atoms with van der Waals surface area (Å²) in [4.78, 5) is 12.8. The molecular formula is C21H24BrFO3. The highest BCUT2D eigenvalue weighted by Gasteiger charge is 2.28. The molecule has 0 aliphatic rings. The predicted octanol–water partition coefficient (Wildman–Crippen LogP) is 6.42. The summed E-state index contributed by atoms with van der Waals surface area (Å²) in [5.41, 5.74) is 0.869. The second-order valence-corrected chi connectivity index (χ2v) is 7.22. The Bertz CT molecular complexity index is 773. The molecule has 0 aromatic heterocycles. The molecule has 0 saturated heterocycles. The Labute approximate surface area is 162 Å². The number of carbonyl (C=O) groups excluding carboxylic acids is 1. The molecule has 0 amide bonds. The van der Waals surface area contributed by atoms with Crippen molar-refractivity contribution in [1.29, 1.82) is 0 Å². The molecule has 2 rings (SSSR count). The highest BCUT2D eigenvalue weighted by molar-refractivity contribution is 9.10. The average molecular weight is 423 g/mol. The van der Waals surface area contributed by atoms with Gasteiger partial charge in [0.05, 0.1) is 11.1 Å². The third kappa shape index (κ3) is 4.44. The van der Waals surface area contributed by atoms with Crippen molar-refractivity contribution in [2.75, 3.05) is 6.61 Å². The number of ether oxygens (including phenoxy) is 2. The maximum atomic E-state index is 14.9. The van der Waals surface area contributed by atoms with Crippen LogP contribution in [0.2, 0.25) is 0 Å². The summed E-state index contributed by atoms with van der Waals surface area (Å²) in [5.74, 6) is -0.344. The summed E-state index contributed by atoms with van der Waals surface area (Å²) in [6.45, 7) is 7.89. The molecule has 0 aliphatic carbocycles. The number of para-hydroxylation sites is 1. The van der Waals surface area contributed by atoms with Crippen LogP contribution in [0.5, 0.6) is 11.5 Å². The third-order valence-electron chi connectivity index (χ3n) is 4.08. The van der Waals surface area contributed by atoms with Gasteiger partial charge in [0.15, 0.2) is 0 Å². The molecule has 0 heterocycles. The third-order valence-corrected chi connectivity index (χ3v) is 4.87. The van der Waals surface area contributed by atoms with Crippen LogP contribution in [0.4, 0.5) is 4.39 Å². The van der Waals surface area contributed by atoms with Crippen LogP contribution in [0.1, 0.15) is 61.0 Å². The van der Waals surface area contributed by atoms with E-state index in [9.17, 15) is 9.18 Å². The first kappa shape index (κ1) is 20.4. The number of benzene rings is 2. The molecule has 0 saturated carbocycles. The minimum atomic E-state index is -0.630. The van der Waals surface area contributed by atoms with E-state index in [1.807, 2.05) is 19.9 Å². The molecule has 0 radical (unpaired) electrons. The minimum Gasteiger partial charge on any atom is -0.491 e. The first-order chi connectivity index (χ1) is 12.4. The molecule has 0 N–H and O–H groups in total. The first-order valence-corrected chi connectivity index (χ1v) is 9.59. The van der Waals surface area contributed by atoms with Gasteiger partial charge in [-0.3, -0.25) is 0 Å². The molecule has 2 aromatic rings. The maximum Gasteiger partial charge on any atom is 0.347 e. The van der Waals surface area contributed by atoms with Gasteiger partial charge < -0.3 is 9.47 Å². The van der Waals surface area contributed by atoms with Crippen LogP contribution in [-0.2, 0) is 0 Å². The molecule has 0 unspecified atom stereocenters. The van der Waals surface area contributed by atoms with Crippen molar-refractivity contribution in [3.05, 3.63) is 57.3 Å². The minimum absolute atomic E-state index is 0.0595. The van der Waals surface area contributed by atoms with E-state index in [1.54, 1.807) is 31.2 Å². The van der Waals surface area contributed by atoms with Gasteiger partial charge in [-0.25, -0.2) is 9.18 Å². The van der Waals surface area contributed by atoms with Crippen molar-refractivity contribution in [3.63, 3.8) is 0 Å². The van der Waals surface area contributed by atoms with E-state index in [-0.39, 0.29) is 17.0 Å². The first-order valence-electron chi connectivity index (χ1n) is 8.79. The normalized spacial score (nSPS) is 10.9. The number of carbonyl (C=O) groups is 1. The lowest BCUT2D eigenvalue weighted by molar-refractivity contribution is 0.0728. The monoisotopic (exact) mass is 422 g/mol. The second kappa shape index (κ2) is 9.17. The van der Waals surface area contributed by atoms with E-state index in [0.29, 0.717) is 28.1 Å². The zero-order valence-electron chi connectivity index (χ0n) is 15.6. The Morgan fingerprint density at radius 3 is 2.46 bits per heavy atom. The molecule has 0 spiro atoms. The van der Waals surface area contributed by atoms with E-state index < -0.39 is 11.8 Å². The fourth-order valence-electron chi connectivity index (χ4n) is 2.66. The number of unbranched alkanes of at least 4 members (excludes halogenated alkanes) is 1. The van der Waals surface area contributed by atoms with Gasteiger partial charge in [0.2, 0.25) is 0 Å². The van der Waals surface area contributed by atoms with Gasteiger partial charge in [-0.15, -0.1) is 0 Å². The zero-order chi connectivity index (χ0) is 19.3. The molecule has 0 fully saturated rings. The summed E-state index contributed by atoms with van der Waals surface area (Å²) in [6.07, 6.45) is 1.80. The highest BCUT2D eigenvalue weighted by Crippen LogP contribution is 2.41. The van der Waals surface area contributed by atoms with E-state index in [2.05, 4.69) is 22.9 Å². The van der Waals surface area contributed by atoms with Crippen molar-refractivity contribution in [3.8, 4) is 11.5 Å². The summed E-state index contributed by atoms with van der Waals surface area (Å²) in [5, 5.41) is 0. The molecular weight excluding hydrogens is 399 g/mol. The Hall–Kier alpha value is -1.88. The van der Waals surface area contributed by atoms with Crippen LogP contribution >= 0.6 is 15.9 Å². The van der Waals surface area contributed by atoms with Crippen LogP contribution in [0.15, 0.2) is 34.8 Å². The van der Waals surface area contributed by atoms with Crippen LogP contribution in [0, 0.1) is 12.7 Å². The van der Waals surface area contributed by atoms with Gasteiger partial charge in [0.1, 0.15) is 22.9 Å². The lowest BCUT2D eigenvalue weighted by Gasteiger charge is -2.20. The number of esters is 1. The molecule has 0 aliphatic heterocycles. The summed E-state index contributed by atoms with van der Waals surface area (Å²) < 4.78 is 26.7. The standard InChI is InChI=1S/C21H24BrFO3/c1-5-6-12-25-20-17(21(24)26-15-10-8-7-9-11-15)14(4)19(23)16(13(2)3)18(20)22/h7-11,13H,5-6,12H2,1-4H3. The van der Waals surface area contributed by atoms with Gasteiger partial charge in [0.25, 0.3) is 0 Å². The van der Waals surface area contributed by atoms with Crippen LogP contribution in [-0.4, -0.2) is 12.6 Å². The van der Waals surface area contributed by atoms with Gasteiger partial charge in [-0.2, -0.15) is 0 Å². The lowest BCUT2D eigenvalue weighted by atomic mass is 9.95. The molecule has 5 heteroatoms. The van der Waals surface area contributed by atoms with Gasteiger partial charge >= 0.3 is 5.97 Å². The molecule has 3 nitrogen and oxygen atoms in total. The van der Waals surface area contributed by atoms with Crippen molar-refractivity contribution in [1.82, 2.24) is 0 Å². The summed E-state index contributed by atoms with van der Waals surface area (Å²) in [7, 11) is 0. The van der Waals surface area contributed by atoms with Crippen molar-refractivity contribution in [2.24, 2.45) is 0 Å². The SMILES string of the molecule is CCCCOc1c(Br)c(C(C)C)c(F)c(C)c1C(=O)Oc1ccccc1. The van der Waals surface area contributed by atoms with Gasteiger partial charge in [0, 0.05) is 11.1 Å². The van der Waals surface area contributed by atoms with Crippen LogP contribution < -0.4 is 9.47 Å². The highest BCUT2D eigenvalue weighted by atomic mass is 79.9. The summed E-state index contributed by atoms with van der Waals surface area (Å²) >= 11 is 3.45. The van der Waals surface area contributed by atoms with Crippen molar-refractivity contribution in [2.45, 2.75) is 46.5 Å². The molecule has 2 aromatic carbocycles. The van der Waals surface area contributed by atoms with Crippen LogP contribution in [0.25, 0.3) is 0 Å². The van der Waals surface area contributed by atoms with Gasteiger partial charge in [-0.05, 0) is 47.3 Å². The fourth-order valence-corrected chi connectivity index (χ4v) is 3.61. The Morgan fingerprint density at radius 2 is 1.88 bits per heavy atom. The Balaban J connectivity index is 2.52. The molecule has 26 heavy (non-hydrogen) atoms. The molecule has 0 atom stereocenters. The van der Waals surface area contributed by atoms with E-state index in [0.717, 1.165) is 12.8 Å². The number of halogens is 2. The largest absolute Gasteiger partial charge is 0.491 e. The number of hydrogen-bond donors (Lipinski definition) is 0. The summed E-state index contributed by atoms with van der Waals surface area (Å²) in [6, 6.07) is 8.73. The van der Waals surface area contributed by atoms with Crippen LogP contribution in [0.3, 0.4) is 0 Å². The average Bonchev–Trinajstić information content (AvgIpc) is 2.60. The Kier molecular flexibility index (Phi) is 7.21. The van der Waals surface area contributed by atoms with E-state index in [1.165, 1.54) is 0 Å². The predicted molar refractivity (Wildman–Crippen MR) is 105 cm³/mol. The maximum absolute atomic E-state index is 14.9. The van der Waals surface area contributed by atoms with Gasteiger partial charge in [-0.1, -0.05) is 45.4 Å².